The molecule has 0 aromatic carbocycles. The molecule has 27 heteroatoms. The van der Waals surface area contributed by atoms with Gasteiger partial charge in [-0.3, -0.25) is 33.6 Å². The topological polar surface area (TPSA) is 398 Å². The van der Waals surface area contributed by atoms with Gasteiger partial charge < -0.3 is 101 Å². The Hall–Kier alpha value is -4.52. The molecular formula is C47H83N7O20. The number of hydrogen-bond donors (Lipinski definition) is 13. The van der Waals surface area contributed by atoms with Crippen LogP contribution in [0.3, 0.4) is 0 Å². The van der Waals surface area contributed by atoms with Crippen LogP contribution in [0.4, 0.5) is 0 Å². The zero-order valence-electron chi connectivity index (χ0n) is 42.9. The largest absolute Gasteiger partial charge is 0.394 e. The molecule has 0 spiro atoms. The molecule has 0 aromatic rings. The summed E-state index contributed by atoms with van der Waals surface area (Å²) in [6, 6.07) is -2.71. The third-order valence-electron chi connectivity index (χ3n) is 11.5. The van der Waals surface area contributed by atoms with Crippen molar-refractivity contribution in [2.75, 3.05) is 79.0 Å². The van der Waals surface area contributed by atoms with E-state index in [2.05, 4.69) is 37.2 Å². The van der Waals surface area contributed by atoms with Gasteiger partial charge in [0.2, 0.25) is 41.4 Å². The van der Waals surface area contributed by atoms with E-state index in [-0.39, 0.29) is 113 Å². The third kappa shape index (κ3) is 27.9. The minimum absolute atomic E-state index is 0.0112. The molecule has 2 rings (SSSR count). The lowest BCUT2D eigenvalue weighted by Gasteiger charge is -2.42. The number of carbonyl (C=O) groups is 8. The maximum atomic E-state index is 12.6. The molecule has 0 saturated carbocycles. The quantitative estimate of drug-likeness (QED) is 0.0258. The minimum atomic E-state index is -1.42. The van der Waals surface area contributed by atoms with Crippen molar-refractivity contribution in [3.8, 4) is 0 Å². The highest BCUT2D eigenvalue weighted by Crippen LogP contribution is 2.24. The molecule has 10 atom stereocenters. The lowest BCUT2D eigenvalue weighted by molar-refractivity contribution is -0.270. The van der Waals surface area contributed by atoms with Crippen LogP contribution < -0.4 is 37.2 Å². The van der Waals surface area contributed by atoms with Crippen LogP contribution in [0.2, 0.25) is 0 Å². The third-order valence-corrected chi connectivity index (χ3v) is 11.5. The number of amides is 7. The van der Waals surface area contributed by atoms with E-state index in [1.54, 1.807) is 0 Å². The van der Waals surface area contributed by atoms with Crippen molar-refractivity contribution in [1.29, 1.82) is 0 Å². The Labute approximate surface area is 431 Å². The van der Waals surface area contributed by atoms with E-state index >= 15 is 0 Å². The first-order valence-electron chi connectivity index (χ1n) is 25.4. The molecule has 0 bridgehead atoms. The second kappa shape index (κ2) is 38.1. The monoisotopic (exact) mass is 1070 g/mol. The first kappa shape index (κ1) is 65.6. The van der Waals surface area contributed by atoms with Crippen molar-refractivity contribution in [3.05, 3.63) is 0 Å². The van der Waals surface area contributed by atoms with Crippen LogP contribution in [0.1, 0.15) is 104 Å². The summed E-state index contributed by atoms with van der Waals surface area (Å²) < 4.78 is 33.7. The number of aliphatic hydroxyl groups excluding tert-OH is 6. The van der Waals surface area contributed by atoms with Crippen LogP contribution in [0.15, 0.2) is 0 Å². The van der Waals surface area contributed by atoms with Crippen LogP contribution in [0, 0.1) is 0 Å². The average Bonchev–Trinajstić information content (AvgIpc) is 3.34. The Bertz CT molecular complexity index is 1600. The van der Waals surface area contributed by atoms with Crippen molar-refractivity contribution >= 4 is 47.1 Å². The summed E-state index contributed by atoms with van der Waals surface area (Å²) in [7, 11) is 0. The fourth-order valence-electron chi connectivity index (χ4n) is 7.55. The second-order valence-corrected chi connectivity index (χ2v) is 18.1. The number of hydrogen-bond acceptors (Lipinski definition) is 20. The van der Waals surface area contributed by atoms with Gasteiger partial charge in [0.15, 0.2) is 12.6 Å². The first-order chi connectivity index (χ1) is 35.4. The van der Waals surface area contributed by atoms with Gasteiger partial charge >= 0.3 is 0 Å². The summed E-state index contributed by atoms with van der Waals surface area (Å²) >= 11 is 0. The van der Waals surface area contributed by atoms with Gasteiger partial charge in [-0.1, -0.05) is 0 Å². The molecule has 0 aromatic heterocycles. The first-order valence-corrected chi connectivity index (χ1v) is 25.4. The van der Waals surface area contributed by atoms with E-state index in [0.717, 1.165) is 0 Å². The van der Waals surface area contributed by atoms with Crippen molar-refractivity contribution in [2.24, 2.45) is 0 Å². The molecule has 0 aliphatic carbocycles. The Balaban J connectivity index is 1.57. The number of Topliss-reactive ketones (excluding diaryl/α,β-unsaturated/α-hetero) is 1. The lowest BCUT2D eigenvalue weighted by Crippen LogP contribution is -2.64. The van der Waals surface area contributed by atoms with Crippen LogP contribution in [0.25, 0.3) is 0 Å². The molecule has 10 unspecified atom stereocenters. The highest BCUT2D eigenvalue weighted by molar-refractivity contribution is 5.79. The van der Waals surface area contributed by atoms with Crippen molar-refractivity contribution in [3.63, 3.8) is 0 Å². The van der Waals surface area contributed by atoms with Gasteiger partial charge in [0, 0.05) is 91.8 Å². The van der Waals surface area contributed by atoms with Gasteiger partial charge in [-0.15, -0.1) is 0 Å². The molecule has 2 aliphatic rings. The van der Waals surface area contributed by atoms with Crippen molar-refractivity contribution in [2.45, 2.75) is 172 Å². The van der Waals surface area contributed by atoms with Crippen LogP contribution >= 0.6 is 0 Å². The average molecular weight is 1070 g/mol. The van der Waals surface area contributed by atoms with Gasteiger partial charge in [0.1, 0.15) is 54.5 Å². The summed E-state index contributed by atoms with van der Waals surface area (Å²) in [6.07, 6.45) is -6.17. The minimum Gasteiger partial charge on any atom is -0.394 e. The highest BCUT2D eigenvalue weighted by atomic mass is 16.7. The van der Waals surface area contributed by atoms with Gasteiger partial charge in [-0.25, -0.2) is 0 Å². The fourth-order valence-corrected chi connectivity index (χ4v) is 7.55. The Morgan fingerprint density at radius 1 is 0.459 bits per heavy atom. The lowest BCUT2D eigenvalue weighted by atomic mass is 9.97. The van der Waals surface area contributed by atoms with E-state index in [0.29, 0.717) is 71.1 Å². The molecule has 7 amide bonds. The number of ether oxygens (including phenoxy) is 6. The predicted molar refractivity (Wildman–Crippen MR) is 259 cm³/mol. The number of aliphatic hydroxyl groups is 6. The Morgan fingerprint density at radius 3 is 1.20 bits per heavy atom. The number of unbranched alkanes of at least 4 members (excludes halogenated alkanes) is 2. The molecule has 2 heterocycles. The standard InChI is InChI=1S/C47H83N7O20/c1-29(57)11-8-14-39(64)54-32(27-69-23-15-37(62)50-19-9-17-48-35(60)12-4-6-21-71-46-40(52-30(2)58)44(67)42(65)33(25-55)73-46)28-70-24-16-38(63)51-20-10-18-49-36(61)13-5-7-22-72-47-41(53-31(3)59)45(68)43(66)34(26-56)74-47/h32-34,40-47,55-56,65-68H,4-28H2,1-3H3,(H,48,60)(H,49,61)(H,50,62)(H,51,63)(H,52,58)(H,53,59)(H,54,64). The normalized spacial score (nSPS) is 24.0. The Morgan fingerprint density at radius 2 is 0.838 bits per heavy atom. The SMILES string of the molecule is CC(=O)CCCC(=O)NC(COCCC(=O)NCCCNC(=O)CCCCOC1OC(CO)C(O)C(O)C1NC(C)=O)COCCC(=O)NCCCNC(=O)CCCCOC1OC(CO)C(O)C(O)C1NC(C)=O. The van der Waals surface area contributed by atoms with Gasteiger partial charge in [0.25, 0.3) is 0 Å². The Kier molecular flexibility index (Phi) is 33.8. The van der Waals surface area contributed by atoms with Gasteiger partial charge in [-0.2, -0.15) is 0 Å². The number of carbonyl (C=O) groups excluding carboxylic acids is 8. The van der Waals surface area contributed by atoms with E-state index < -0.39 is 92.4 Å². The number of ketones is 1. The predicted octanol–water partition coefficient (Wildman–Crippen LogP) is -4.45. The van der Waals surface area contributed by atoms with E-state index in [1.165, 1.54) is 20.8 Å². The molecular weight excluding hydrogens is 983 g/mol. The van der Waals surface area contributed by atoms with Crippen molar-refractivity contribution in [1.82, 2.24) is 37.2 Å². The molecule has 2 fully saturated rings. The van der Waals surface area contributed by atoms with E-state index in [9.17, 15) is 69.0 Å². The van der Waals surface area contributed by atoms with Crippen LogP contribution in [0.5, 0.6) is 0 Å². The van der Waals surface area contributed by atoms with Crippen molar-refractivity contribution < 1.29 is 97.4 Å². The highest BCUT2D eigenvalue weighted by Gasteiger charge is 2.46. The molecule has 2 aliphatic heterocycles. The van der Waals surface area contributed by atoms with Crippen LogP contribution in [-0.2, 0) is 66.8 Å². The van der Waals surface area contributed by atoms with Gasteiger partial charge in [-0.05, 0) is 51.9 Å². The summed E-state index contributed by atoms with van der Waals surface area (Å²) in [5.41, 5.74) is 0. The maximum absolute atomic E-state index is 12.6. The number of nitrogens with one attached hydrogen (secondary N) is 7. The summed E-state index contributed by atoms with van der Waals surface area (Å²) in [5.74, 6) is -2.25. The van der Waals surface area contributed by atoms with Crippen LogP contribution in [-0.4, -0.2) is 224 Å². The summed E-state index contributed by atoms with van der Waals surface area (Å²) in [5, 5.41) is 78.7. The molecule has 27 nitrogen and oxygen atoms in total. The molecule has 426 valence electrons. The maximum Gasteiger partial charge on any atom is 0.222 e. The molecule has 0 radical (unpaired) electrons. The molecule has 74 heavy (non-hydrogen) atoms. The fraction of sp³-hybridized carbons (Fsp3) is 0.830. The number of rotatable bonds is 39. The van der Waals surface area contributed by atoms with E-state index in [4.69, 9.17) is 28.4 Å². The van der Waals surface area contributed by atoms with E-state index in [1.807, 2.05) is 0 Å². The zero-order valence-corrected chi connectivity index (χ0v) is 42.9. The summed E-state index contributed by atoms with van der Waals surface area (Å²) in [6.45, 7) is 4.37. The molecule has 13 N–H and O–H groups in total. The zero-order chi connectivity index (χ0) is 54.8. The smallest absolute Gasteiger partial charge is 0.222 e. The second-order valence-electron chi connectivity index (χ2n) is 18.1. The molecule has 2 saturated heterocycles. The van der Waals surface area contributed by atoms with Gasteiger partial charge in [0.05, 0.1) is 45.7 Å². The summed E-state index contributed by atoms with van der Waals surface area (Å²) in [4.78, 5) is 96.4.